The lowest BCUT2D eigenvalue weighted by Gasteiger charge is -2.28. The SMILES string of the molecule is COc1ccc(N/N=C(/C(C)=O)N2CCOCC2)cc1. The van der Waals surface area contributed by atoms with Crippen LogP contribution in [0.15, 0.2) is 29.4 Å². The summed E-state index contributed by atoms with van der Waals surface area (Å²) >= 11 is 0. The first-order chi connectivity index (χ1) is 9.70. The Morgan fingerprint density at radius 1 is 1.30 bits per heavy atom. The van der Waals surface area contributed by atoms with E-state index >= 15 is 0 Å². The molecule has 1 aliphatic rings. The number of benzene rings is 1. The maximum atomic E-state index is 11.7. The van der Waals surface area contributed by atoms with Gasteiger partial charge in [-0.05, 0) is 24.3 Å². The summed E-state index contributed by atoms with van der Waals surface area (Å²) in [6, 6.07) is 7.36. The second kappa shape index (κ2) is 6.91. The molecule has 6 nitrogen and oxygen atoms in total. The van der Waals surface area contributed by atoms with Crippen molar-refractivity contribution in [2.24, 2.45) is 5.10 Å². The Morgan fingerprint density at radius 3 is 2.50 bits per heavy atom. The summed E-state index contributed by atoms with van der Waals surface area (Å²) in [6.45, 7) is 4.12. The molecule has 0 aromatic heterocycles. The number of nitrogens with one attached hydrogen (secondary N) is 1. The van der Waals surface area contributed by atoms with Crippen LogP contribution in [0.5, 0.6) is 5.75 Å². The fourth-order valence-corrected chi connectivity index (χ4v) is 1.93. The number of Topliss-reactive ketones (excluding diaryl/α,β-unsaturated/α-hetero) is 1. The van der Waals surface area contributed by atoms with Gasteiger partial charge in [0.15, 0.2) is 11.6 Å². The van der Waals surface area contributed by atoms with E-state index in [1.807, 2.05) is 29.2 Å². The normalized spacial score (nSPS) is 15.9. The van der Waals surface area contributed by atoms with Crippen molar-refractivity contribution in [2.75, 3.05) is 38.8 Å². The number of methoxy groups -OCH3 is 1. The van der Waals surface area contributed by atoms with Gasteiger partial charge < -0.3 is 14.4 Å². The van der Waals surface area contributed by atoms with Crippen molar-refractivity contribution in [1.82, 2.24) is 4.90 Å². The molecule has 0 bridgehead atoms. The number of hydrogen-bond donors (Lipinski definition) is 1. The topological polar surface area (TPSA) is 63.2 Å². The van der Waals surface area contributed by atoms with Crippen LogP contribution in [0.2, 0.25) is 0 Å². The van der Waals surface area contributed by atoms with Crippen molar-refractivity contribution < 1.29 is 14.3 Å². The van der Waals surface area contributed by atoms with Crippen LogP contribution in [0.25, 0.3) is 0 Å². The molecule has 108 valence electrons. The van der Waals surface area contributed by atoms with E-state index in [0.29, 0.717) is 32.1 Å². The third kappa shape index (κ3) is 3.71. The first kappa shape index (κ1) is 14.3. The molecule has 0 saturated carbocycles. The van der Waals surface area contributed by atoms with Gasteiger partial charge in [0.1, 0.15) is 5.75 Å². The van der Waals surface area contributed by atoms with E-state index in [0.717, 1.165) is 11.4 Å². The van der Waals surface area contributed by atoms with Crippen molar-refractivity contribution in [2.45, 2.75) is 6.92 Å². The number of hydrogen-bond acceptors (Lipinski definition) is 5. The summed E-state index contributed by atoms with van der Waals surface area (Å²) in [6.07, 6.45) is 0. The second-order valence-electron chi connectivity index (χ2n) is 4.43. The Bertz CT molecular complexity index is 479. The summed E-state index contributed by atoms with van der Waals surface area (Å²) in [4.78, 5) is 13.6. The lowest BCUT2D eigenvalue weighted by atomic mass is 10.3. The molecular weight excluding hydrogens is 258 g/mol. The number of carbonyl (C=O) groups excluding carboxylic acids is 1. The highest BCUT2D eigenvalue weighted by atomic mass is 16.5. The molecule has 0 spiro atoms. The quantitative estimate of drug-likeness (QED) is 0.511. The van der Waals surface area contributed by atoms with Crippen LogP contribution in [-0.2, 0) is 9.53 Å². The lowest BCUT2D eigenvalue weighted by molar-refractivity contribution is -0.112. The molecule has 0 unspecified atom stereocenters. The summed E-state index contributed by atoms with van der Waals surface area (Å²) in [5.74, 6) is 1.15. The molecule has 1 aromatic carbocycles. The van der Waals surface area contributed by atoms with Crippen LogP contribution in [0.3, 0.4) is 0 Å². The van der Waals surface area contributed by atoms with Crippen molar-refractivity contribution in [3.8, 4) is 5.75 Å². The Labute approximate surface area is 118 Å². The van der Waals surface area contributed by atoms with Crippen LogP contribution in [0.4, 0.5) is 5.69 Å². The average molecular weight is 277 g/mol. The van der Waals surface area contributed by atoms with Gasteiger partial charge in [0.05, 0.1) is 26.0 Å². The number of anilines is 1. The predicted octanol–water partition coefficient (Wildman–Crippen LogP) is 1.34. The molecule has 1 saturated heterocycles. The summed E-state index contributed by atoms with van der Waals surface area (Å²) in [5, 5.41) is 4.22. The van der Waals surface area contributed by atoms with E-state index < -0.39 is 0 Å². The number of carbonyl (C=O) groups is 1. The van der Waals surface area contributed by atoms with E-state index in [1.165, 1.54) is 6.92 Å². The van der Waals surface area contributed by atoms with Crippen LogP contribution >= 0.6 is 0 Å². The highest BCUT2D eigenvalue weighted by Gasteiger charge is 2.18. The minimum atomic E-state index is -0.0621. The molecule has 0 atom stereocenters. The average Bonchev–Trinajstić information content (AvgIpc) is 2.49. The third-order valence-corrected chi connectivity index (χ3v) is 3.01. The Hall–Kier alpha value is -2.08. The van der Waals surface area contributed by atoms with Gasteiger partial charge in [-0.1, -0.05) is 0 Å². The number of hydrazone groups is 1. The summed E-state index contributed by atoms with van der Waals surface area (Å²) in [5.41, 5.74) is 3.71. The molecule has 1 heterocycles. The number of nitrogens with zero attached hydrogens (tertiary/aromatic N) is 2. The maximum Gasteiger partial charge on any atom is 0.196 e. The standard InChI is InChI=1S/C14H19N3O3/c1-11(18)14(17-7-9-20-10-8-17)16-15-12-3-5-13(19-2)6-4-12/h3-6,15H,7-10H2,1-2H3/b16-14-. The Morgan fingerprint density at radius 2 is 1.95 bits per heavy atom. The van der Waals surface area contributed by atoms with Gasteiger partial charge in [-0.15, -0.1) is 0 Å². The predicted molar refractivity (Wildman–Crippen MR) is 77.1 cm³/mol. The first-order valence-electron chi connectivity index (χ1n) is 6.52. The molecule has 0 aliphatic carbocycles. The largest absolute Gasteiger partial charge is 0.497 e. The Kier molecular flexibility index (Phi) is 4.95. The fourth-order valence-electron chi connectivity index (χ4n) is 1.93. The van der Waals surface area contributed by atoms with Gasteiger partial charge in [-0.25, -0.2) is 0 Å². The van der Waals surface area contributed by atoms with Crippen molar-refractivity contribution in [1.29, 1.82) is 0 Å². The first-order valence-corrected chi connectivity index (χ1v) is 6.52. The van der Waals surface area contributed by atoms with Gasteiger partial charge in [0, 0.05) is 20.0 Å². The monoisotopic (exact) mass is 277 g/mol. The molecule has 20 heavy (non-hydrogen) atoms. The summed E-state index contributed by atoms with van der Waals surface area (Å²) in [7, 11) is 1.62. The molecule has 6 heteroatoms. The smallest absolute Gasteiger partial charge is 0.196 e. The number of amidine groups is 1. The molecular formula is C14H19N3O3. The minimum Gasteiger partial charge on any atom is -0.497 e. The van der Waals surface area contributed by atoms with Crippen molar-refractivity contribution in [3.05, 3.63) is 24.3 Å². The van der Waals surface area contributed by atoms with Gasteiger partial charge in [0.25, 0.3) is 0 Å². The molecule has 1 N–H and O–H groups in total. The van der Waals surface area contributed by atoms with Crippen molar-refractivity contribution >= 4 is 17.3 Å². The minimum absolute atomic E-state index is 0.0621. The van der Waals surface area contributed by atoms with Gasteiger partial charge in [0.2, 0.25) is 0 Å². The molecule has 2 rings (SSSR count). The van der Waals surface area contributed by atoms with E-state index in [1.54, 1.807) is 7.11 Å². The van der Waals surface area contributed by atoms with Crippen LogP contribution < -0.4 is 10.2 Å². The van der Waals surface area contributed by atoms with E-state index in [9.17, 15) is 4.79 Å². The molecule has 0 radical (unpaired) electrons. The number of ether oxygens (including phenoxy) is 2. The zero-order chi connectivity index (χ0) is 14.4. The number of rotatable bonds is 4. The van der Waals surface area contributed by atoms with Crippen LogP contribution in [-0.4, -0.2) is 49.9 Å². The molecule has 1 fully saturated rings. The lowest BCUT2D eigenvalue weighted by Crippen LogP contribution is -2.44. The molecule has 1 aliphatic heterocycles. The fraction of sp³-hybridized carbons (Fsp3) is 0.429. The Balaban J connectivity index is 2.06. The van der Waals surface area contributed by atoms with Gasteiger partial charge >= 0.3 is 0 Å². The van der Waals surface area contributed by atoms with E-state index in [-0.39, 0.29) is 5.78 Å². The van der Waals surface area contributed by atoms with Crippen LogP contribution in [0.1, 0.15) is 6.92 Å². The molecule has 1 aromatic rings. The number of morpholine rings is 1. The van der Waals surface area contributed by atoms with Gasteiger partial charge in [-0.2, -0.15) is 5.10 Å². The highest BCUT2D eigenvalue weighted by molar-refractivity contribution is 6.37. The van der Waals surface area contributed by atoms with Crippen LogP contribution in [0, 0.1) is 0 Å². The zero-order valence-electron chi connectivity index (χ0n) is 11.8. The van der Waals surface area contributed by atoms with E-state index in [2.05, 4.69) is 10.5 Å². The van der Waals surface area contributed by atoms with E-state index in [4.69, 9.17) is 9.47 Å². The molecule has 0 amide bonds. The van der Waals surface area contributed by atoms with Crippen molar-refractivity contribution in [3.63, 3.8) is 0 Å². The number of ketones is 1. The maximum absolute atomic E-state index is 11.7. The highest BCUT2D eigenvalue weighted by Crippen LogP contribution is 2.15. The third-order valence-electron chi connectivity index (χ3n) is 3.01. The zero-order valence-corrected chi connectivity index (χ0v) is 11.8. The summed E-state index contributed by atoms with van der Waals surface area (Å²) < 4.78 is 10.4. The van der Waals surface area contributed by atoms with Gasteiger partial charge in [-0.3, -0.25) is 10.2 Å². The second-order valence-corrected chi connectivity index (χ2v) is 4.43.